The summed E-state index contributed by atoms with van der Waals surface area (Å²) in [6.45, 7) is 3.01. The Morgan fingerprint density at radius 1 is 1.31 bits per heavy atom. The lowest BCUT2D eigenvalue weighted by atomic mass is 9.90. The summed E-state index contributed by atoms with van der Waals surface area (Å²) < 4.78 is 23.7. The second kappa shape index (κ2) is 3.68. The number of nitrogens with zero attached hydrogens (tertiary/aromatic N) is 1. The summed E-state index contributed by atoms with van der Waals surface area (Å²) in [6, 6.07) is 0.585. The van der Waals surface area contributed by atoms with Crippen molar-refractivity contribution < 1.29 is 8.42 Å². The van der Waals surface area contributed by atoms with Gasteiger partial charge in [0.25, 0.3) is 0 Å². The smallest absolute Gasteiger partial charge is 0.152 e. The van der Waals surface area contributed by atoms with Crippen molar-refractivity contribution in [3.05, 3.63) is 0 Å². The number of piperazine rings is 1. The highest BCUT2D eigenvalue weighted by Crippen LogP contribution is 2.36. The molecular formula is C11H20N2O2S. The molecule has 1 unspecified atom stereocenters. The maximum atomic E-state index is 11.9. The molecule has 3 rings (SSSR count). The lowest BCUT2D eigenvalue weighted by Gasteiger charge is -2.50. The lowest BCUT2D eigenvalue weighted by molar-refractivity contribution is 0.0486. The van der Waals surface area contributed by atoms with Crippen LogP contribution in [0.5, 0.6) is 0 Å². The Kier molecular flexibility index (Phi) is 2.53. The molecule has 1 spiro atoms. The molecule has 0 aliphatic carbocycles. The minimum atomic E-state index is -2.81. The van der Waals surface area contributed by atoms with Crippen LogP contribution in [0.15, 0.2) is 0 Å². The Balaban J connectivity index is 1.90. The van der Waals surface area contributed by atoms with E-state index in [0.29, 0.717) is 17.5 Å². The number of fused-ring (bicyclic) bond motifs is 2. The second-order valence-electron chi connectivity index (χ2n) is 5.54. The van der Waals surface area contributed by atoms with Crippen molar-refractivity contribution >= 4 is 9.84 Å². The number of rotatable bonds is 0. The zero-order valence-electron chi connectivity index (χ0n) is 9.61. The van der Waals surface area contributed by atoms with E-state index in [4.69, 9.17) is 0 Å². The van der Waals surface area contributed by atoms with Crippen molar-refractivity contribution in [3.8, 4) is 0 Å². The SMILES string of the molecule is O=S1(=O)CCCC2(CNC[C@@H]3CCCN32)C1. The molecular weight excluding hydrogens is 224 g/mol. The van der Waals surface area contributed by atoms with Crippen molar-refractivity contribution in [1.29, 1.82) is 0 Å². The van der Waals surface area contributed by atoms with Crippen LogP contribution >= 0.6 is 0 Å². The first-order chi connectivity index (χ1) is 7.61. The second-order valence-corrected chi connectivity index (χ2v) is 7.72. The first-order valence-electron chi connectivity index (χ1n) is 6.29. The Bertz CT molecular complexity index is 377. The third kappa shape index (κ3) is 1.69. The molecule has 0 bridgehead atoms. The van der Waals surface area contributed by atoms with Crippen molar-refractivity contribution in [2.45, 2.75) is 37.3 Å². The highest BCUT2D eigenvalue weighted by molar-refractivity contribution is 7.91. The van der Waals surface area contributed by atoms with Crippen molar-refractivity contribution in [1.82, 2.24) is 10.2 Å². The number of hydrogen-bond acceptors (Lipinski definition) is 4. The van der Waals surface area contributed by atoms with E-state index < -0.39 is 9.84 Å². The van der Waals surface area contributed by atoms with Crippen molar-refractivity contribution in [2.24, 2.45) is 0 Å². The average molecular weight is 244 g/mol. The first kappa shape index (κ1) is 11.0. The summed E-state index contributed by atoms with van der Waals surface area (Å²) in [5.41, 5.74) is -0.0729. The van der Waals surface area contributed by atoms with E-state index in [1.807, 2.05) is 0 Å². The highest BCUT2D eigenvalue weighted by atomic mass is 32.2. The van der Waals surface area contributed by atoms with Crippen LogP contribution in [-0.2, 0) is 9.84 Å². The van der Waals surface area contributed by atoms with E-state index in [1.165, 1.54) is 12.8 Å². The van der Waals surface area contributed by atoms with Gasteiger partial charge in [-0.2, -0.15) is 0 Å². The van der Waals surface area contributed by atoms with Gasteiger partial charge in [0.05, 0.1) is 11.5 Å². The molecule has 16 heavy (non-hydrogen) atoms. The summed E-state index contributed by atoms with van der Waals surface area (Å²) in [6.07, 6.45) is 4.35. The Morgan fingerprint density at radius 2 is 2.19 bits per heavy atom. The fraction of sp³-hybridized carbons (Fsp3) is 1.00. The van der Waals surface area contributed by atoms with E-state index >= 15 is 0 Å². The molecule has 0 aromatic heterocycles. The summed E-state index contributed by atoms with van der Waals surface area (Å²) in [5.74, 6) is 0.775. The topological polar surface area (TPSA) is 49.4 Å². The van der Waals surface area contributed by atoms with Gasteiger partial charge in [0.1, 0.15) is 0 Å². The van der Waals surface area contributed by atoms with Gasteiger partial charge in [-0.15, -0.1) is 0 Å². The number of nitrogens with one attached hydrogen (secondary N) is 1. The van der Waals surface area contributed by atoms with E-state index in [1.54, 1.807) is 0 Å². The van der Waals surface area contributed by atoms with Crippen LogP contribution in [0.25, 0.3) is 0 Å². The van der Waals surface area contributed by atoms with Crippen LogP contribution in [0.3, 0.4) is 0 Å². The van der Waals surface area contributed by atoms with Gasteiger partial charge in [-0.25, -0.2) is 8.42 Å². The van der Waals surface area contributed by atoms with E-state index in [9.17, 15) is 8.42 Å². The van der Waals surface area contributed by atoms with Gasteiger partial charge in [-0.05, 0) is 32.2 Å². The van der Waals surface area contributed by atoms with Crippen LogP contribution in [0.2, 0.25) is 0 Å². The highest BCUT2D eigenvalue weighted by Gasteiger charge is 2.49. The van der Waals surface area contributed by atoms with E-state index in [-0.39, 0.29) is 5.54 Å². The third-order valence-corrected chi connectivity index (χ3v) is 6.29. The number of sulfone groups is 1. The fourth-order valence-electron chi connectivity index (χ4n) is 3.79. The summed E-state index contributed by atoms with van der Waals surface area (Å²) >= 11 is 0. The predicted molar refractivity (Wildman–Crippen MR) is 63.2 cm³/mol. The molecule has 3 aliphatic heterocycles. The van der Waals surface area contributed by atoms with Crippen molar-refractivity contribution in [3.63, 3.8) is 0 Å². The molecule has 1 N–H and O–H groups in total. The van der Waals surface area contributed by atoms with Gasteiger partial charge in [0.15, 0.2) is 9.84 Å². The van der Waals surface area contributed by atoms with Crippen molar-refractivity contribution in [2.75, 3.05) is 31.1 Å². The summed E-state index contributed by atoms with van der Waals surface area (Å²) in [4.78, 5) is 2.50. The molecule has 5 heteroatoms. The standard InChI is InChI=1S/C11H20N2O2S/c14-16(15)6-2-4-11(9-16)8-12-7-10-3-1-5-13(10)11/h10,12H,1-9H2/t10-,11?/m0/s1. The molecule has 0 amide bonds. The van der Waals surface area contributed by atoms with E-state index in [2.05, 4.69) is 10.2 Å². The molecule has 4 nitrogen and oxygen atoms in total. The molecule has 3 heterocycles. The zero-order chi connectivity index (χ0) is 11.2. The Morgan fingerprint density at radius 3 is 3.00 bits per heavy atom. The van der Waals surface area contributed by atoms with Gasteiger partial charge < -0.3 is 5.32 Å². The molecule has 3 fully saturated rings. The quantitative estimate of drug-likeness (QED) is 0.652. The van der Waals surface area contributed by atoms with Crippen LogP contribution < -0.4 is 5.32 Å². The molecule has 0 saturated carbocycles. The monoisotopic (exact) mass is 244 g/mol. The third-order valence-electron chi connectivity index (χ3n) is 4.41. The molecule has 92 valence electrons. The summed E-state index contributed by atoms with van der Waals surface area (Å²) in [5, 5.41) is 3.45. The molecule has 0 aromatic carbocycles. The van der Waals surface area contributed by atoms with Crippen LogP contribution in [0.4, 0.5) is 0 Å². The first-order valence-corrected chi connectivity index (χ1v) is 8.11. The molecule has 3 saturated heterocycles. The number of hydrogen-bond donors (Lipinski definition) is 1. The Hall–Kier alpha value is -0.130. The van der Waals surface area contributed by atoms with Crippen LogP contribution in [-0.4, -0.2) is 56.0 Å². The minimum absolute atomic E-state index is 0.0729. The average Bonchev–Trinajstić information content (AvgIpc) is 2.65. The predicted octanol–water partition coefficient (Wildman–Crippen LogP) is 0.00140. The minimum Gasteiger partial charge on any atom is -0.313 e. The van der Waals surface area contributed by atoms with Gasteiger partial charge >= 0.3 is 0 Å². The molecule has 3 aliphatic rings. The molecule has 0 radical (unpaired) electrons. The van der Waals surface area contributed by atoms with E-state index in [0.717, 1.165) is 32.5 Å². The van der Waals surface area contributed by atoms with Crippen LogP contribution in [0, 0.1) is 0 Å². The zero-order valence-corrected chi connectivity index (χ0v) is 10.4. The molecule has 0 aromatic rings. The molecule has 2 atom stereocenters. The van der Waals surface area contributed by atoms with Gasteiger partial charge in [0.2, 0.25) is 0 Å². The van der Waals surface area contributed by atoms with Gasteiger partial charge in [-0.3, -0.25) is 4.90 Å². The fourth-order valence-corrected chi connectivity index (χ4v) is 5.75. The summed E-state index contributed by atoms with van der Waals surface area (Å²) in [7, 11) is -2.81. The maximum Gasteiger partial charge on any atom is 0.152 e. The largest absolute Gasteiger partial charge is 0.313 e. The maximum absolute atomic E-state index is 11.9. The normalized spacial score (nSPS) is 43.4. The van der Waals surface area contributed by atoms with Crippen LogP contribution in [0.1, 0.15) is 25.7 Å². The van der Waals surface area contributed by atoms with Gasteiger partial charge in [-0.1, -0.05) is 0 Å². The van der Waals surface area contributed by atoms with Gasteiger partial charge in [0, 0.05) is 24.7 Å². The lowest BCUT2D eigenvalue weighted by Crippen LogP contribution is -2.67. The Labute approximate surface area is 97.3 Å².